The fourth-order valence-corrected chi connectivity index (χ4v) is 1.23. The van der Waals surface area contributed by atoms with E-state index in [4.69, 9.17) is 9.47 Å². The highest BCUT2D eigenvalue weighted by Gasteiger charge is 2.31. The molecule has 0 rings (SSSR count). The van der Waals surface area contributed by atoms with Crippen molar-refractivity contribution in [1.82, 2.24) is 5.06 Å². The maximum Gasteiger partial charge on any atom is 0.537 e. The Hall–Kier alpha value is -2.12. The van der Waals surface area contributed by atoms with Crippen LogP contribution in [0.5, 0.6) is 0 Å². The molecule has 0 saturated carbocycles. The first-order valence-electron chi connectivity index (χ1n) is 7.39. The summed E-state index contributed by atoms with van der Waals surface area (Å²) in [7, 11) is 0. The van der Waals surface area contributed by atoms with E-state index in [0.29, 0.717) is 6.42 Å². The molecule has 0 aliphatic heterocycles. The molecule has 0 saturated heterocycles. The van der Waals surface area contributed by atoms with Gasteiger partial charge in [0.1, 0.15) is 0 Å². The molecule has 0 spiro atoms. The molecule has 0 aliphatic rings. The molecule has 0 heterocycles. The van der Waals surface area contributed by atoms with Gasteiger partial charge < -0.3 is 9.47 Å². The third kappa shape index (κ3) is 7.62. The smallest absolute Gasteiger partial charge is 0.424 e. The van der Waals surface area contributed by atoms with Crippen LogP contribution in [0.3, 0.4) is 0 Å². The van der Waals surface area contributed by atoms with Crippen LogP contribution in [0.4, 0.5) is 4.79 Å². The summed E-state index contributed by atoms with van der Waals surface area (Å²) in [5, 5.41) is 0.259. The Labute approximate surface area is 136 Å². The molecule has 0 aliphatic carbocycles. The van der Waals surface area contributed by atoms with Crippen LogP contribution in [0.15, 0.2) is 0 Å². The number of hydrogen-bond donors (Lipinski definition) is 0. The maximum atomic E-state index is 11.9. The van der Waals surface area contributed by atoms with Gasteiger partial charge >= 0.3 is 12.1 Å². The van der Waals surface area contributed by atoms with Crippen molar-refractivity contribution < 1.29 is 33.5 Å². The predicted octanol–water partition coefficient (Wildman–Crippen LogP) is 2.41. The summed E-state index contributed by atoms with van der Waals surface area (Å²) >= 11 is 0. The van der Waals surface area contributed by atoms with Gasteiger partial charge in [0.05, 0.1) is 5.41 Å². The van der Waals surface area contributed by atoms with Crippen LogP contribution in [-0.4, -0.2) is 35.8 Å². The van der Waals surface area contributed by atoms with Crippen LogP contribution >= 0.6 is 0 Å². The number of amides is 2. The molecule has 8 nitrogen and oxygen atoms in total. The highest BCUT2D eigenvalue weighted by Crippen LogP contribution is 2.19. The molecule has 0 radical (unpaired) electrons. The number of rotatable bonds is 6. The van der Waals surface area contributed by atoms with Gasteiger partial charge in [0, 0.05) is 12.3 Å². The highest BCUT2D eigenvalue weighted by atomic mass is 16.9. The third-order valence-electron chi connectivity index (χ3n) is 2.57. The Bertz CT molecular complexity index is 440. The highest BCUT2D eigenvalue weighted by molar-refractivity contribution is 5.85. The van der Waals surface area contributed by atoms with E-state index in [0.717, 1.165) is 0 Å². The average molecular weight is 331 g/mol. The van der Waals surface area contributed by atoms with Gasteiger partial charge in [-0.2, -0.15) is 0 Å². The minimum absolute atomic E-state index is 0.0403. The number of ether oxygens (including phenoxy) is 2. The summed E-state index contributed by atoms with van der Waals surface area (Å²) in [6, 6.07) is 0. The quantitative estimate of drug-likeness (QED) is 0.319. The molecular formula is C15H25NO7. The van der Waals surface area contributed by atoms with E-state index in [1.165, 1.54) is 0 Å². The van der Waals surface area contributed by atoms with Crippen LogP contribution < -0.4 is 0 Å². The molecule has 132 valence electrons. The minimum atomic E-state index is -1.30. The number of imide groups is 1. The van der Waals surface area contributed by atoms with E-state index in [1.54, 1.807) is 41.5 Å². The monoisotopic (exact) mass is 331 g/mol. The molecule has 0 aromatic heterocycles. The van der Waals surface area contributed by atoms with E-state index in [2.05, 4.69) is 4.84 Å². The molecule has 8 heteroatoms. The van der Waals surface area contributed by atoms with Gasteiger partial charge in [0.15, 0.2) is 0 Å². The molecule has 0 N–H and O–H groups in total. The minimum Gasteiger partial charge on any atom is -0.424 e. The van der Waals surface area contributed by atoms with Crippen molar-refractivity contribution in [1.29, 1.82) is 0 Å². The van der Waals surface area contributed by atoms with Crippen molar-refractivity contribution in [3.8, 4) is 0 Å². The second-order valence-electron chi connectivity index (χ2n) is 6.30. The van der Waals surface area contributed by atoms with Crippen LogP contribution in [0.2, 0.25) is 0 Å². The number of esters is 1. The lowest BCUT2D eigenvalue weighted by Crippen LogP contribution is -2.37. The first-order chi connectivity index (χ1) is 10.5. The summed E-state index contributed by atoms with van der Waals surface area (Å²) < 4.78 is 10.00. The van der Waals surface area contributed by atoms with E-state index >= 15 is 0 Å². The first-order valence-corrected chi connectivity index (χ1v) is 7.39. The number of hydrogen-bond acceptors (Lipinski definition) is 7. The molecule has 23 heavy (non-hydrogen) atoms. The van der Waals surface area contributed by atoms with Gasteiger partial charge in [0.2, 0.25) is 0 Å². The number of carbonyl (C=O) groups excluding carboxylic acids is 4. The Kier molecular flexibility index (Phi) is 8.28. The Balaban J connectivity index is 4.76. The second kappa shape index (κ2) is 9.12. The van der Waals surface area contributed by atoms with E-state index in [9.17, 15) is 19.2 Å². The van der Waals surface area contributed by atoms with Crippen molar-refractivity contribution in [3.05, 3.63) is 0 Å². The molecule has 1 atom stereocenters. The number of carbonyl (C=O) groups is 4. The van der Waals surface area contributed by atoms with Gasteiger partial charge in [-0.1, -0.05) is 20.8 Å². The molecule has 0 fully saturated rings. The Morgan fingerprint density at radius 2 is 1.70 bits per heavy atom. The lowest BCUT2D eigenvalue weighted by atomic mass is 9.97. The molecule has 0 aromatic carbocycles. The molecule has 1 unspecified atom stereocenters. The first kappa shape index (κ1) is 20.9. The van der Waals surface area contributed by atoms with Crippen molar-refractivity contribution in [3.63, 3.8) is 0 Å². The summed E-state index contributed by atoms with van der Waals surface area (Å²) in [6.45, 7) is 10.1. The van der Waals surface area contributed by atoms with Crippen LogP contribution in [0, 0.1) is 11.3 Å². The van der Waals surface area contributed by atoms with Gasteiger partial charge in [-0.25, -0.2) is 4.79 Å². The van der Waals surface area contributed by atoms with E-state index < -0.39 is 29.7 Å². The zero-order valence-electron chi connectivity index (χ0n) is 14.5. The topological polar surface area (TPSA) is 99.2 Å². The zero-order valence-corrected chi connectivity index (χ0v) is 14.5. The Morgan fingerprint density at radius 1 is 1.13 bits per heavy atom. The standard InChI is InChI=1S/C15H25NO7/c1-7-8-11(18)16(9-17)23-14(20)22-12(10(2)3)21-13(19)15(4,5)6/h9-10,12H,7-8H2,1-6H3. The fourth-order valence-electron chi connectivity index (χ4n) is 1.23. The maximum absolute atomic E-state index is 11.9. The zero-order chi connectivity index (χ0) is 18.2. The number of nitrogens with zero attached hydrogens (tertiary/aromatic N) is 1. The second-order valence-corrected chi connectivity index (χ2v) is 6.30. The third-order valence-corrected chi connectivity index (χ3v) is 2.57. The van der Waals surface area contributed by atoms with Crippen molar-refractivity contribution in [2.24, 2.45) is 11.3 Å². The average Bonchev–Trinajstić information content (AvgIpc) is 2.42. The van der Waals surface area contributed by atoms with Gasteiger partial charge in [-0.15, -0.1) is 5.06 Å². The van der Waals surface area contributed by atoms with Gasteiger partial charge in [-0.3, -0.25) is 19.2 Å². The van der Waals surface area contributed by atoms with Gasteiger partial charge in [0.25, 0.3) is 18.6 Å². The van der Waals surface area contributed by atoms with E-state index in [1.807, 2.05) is 0 Å². The molecular weight excluding hydrogens is 306 g/mol. The van der Waals surface area contributed by atoms with Gasteiger partial charge in [-0.05, 0) is 27.2 Å². The predicted molar refractivity (Wildman–Crippen MR) is 79.6 cm³/mol. The summed E-state index contributed by atoms with van der Waals surface area (Å²) in [4.78, 5) is 50.3. The molecule has 0 bridgehead atoms. The van der Waals surface area contributed by atoms with E-state index in [-0.39, 0.29) is 23.8 Å². The lowest BCUT2D eigenvalue weighted by molar-refractivity contribution is -0.203. The molecule has 2 amide bonds. The summed E-state index contributed by atoms with van der Waals surface area (Å²) in [5.74, 6) is -1.57. The summed E-state index contributed by atoms with van der Waals surface area (Å²) in [6.07, 6.45) is -1.89. The molecule has 0 aromatic rings. The fraction of sp³-hybridized carbons (Fsp3) is 0.733. The van der Waals surface area contributed by atoms with Crippen LogP contribution in [0.1, 0.15) is 54.4 Å². The summed E-state index contributed by atoms with van der Waals surface area (Å²) in [5.41, 5.74) is -0.771. The number of hydroxylamine groups is 2. The largest absolute Gasteiger partial charge is 0.537 e. The normalized spacial score (nSPS) is 12.3. The van der Waals surface area contributed by atoms with Crippen LogP contribution in [0.25, 0.3) is 0 Å². The van der Waals surface area contributed by atoms with Crippen LogP contribution in [-0.2, 0) is 28.7 Å². The van der Waals surface area contributed by atoms with Crippen molar-refractivity contribution in [2.75, 3.05) is 0 Å². The van der Waals surface area contributed by atoms with Crippen molar-refractivity contribution in [2.45, 2.75) is 60.7 Å². The SMILES string of the molecule is CCCC(=O)N(C=O)OC(=O)OC(OC(=O)C(C)(C)C)C(C)C. The lowest BCUT2D eigenvalue weighted by Gasteiger charge is -2.25. The Morgan fingerprint density at radius 3 is 2.09 bits per heavy atom. The van der Waals surface area contributed by atoms with Crippen molar-refractivity contribution >= 4 is 24.4 Å².